The number of hydrogen-bond donors (Lipinski definition) is 1. The molecule has 5 saturated carbocycles. The summed E-state index contributed by atoms with van der Waals surface area (Å²) >= 11 is 0. The van der Waals surface area contributed by atoms with Gasteiger partial charge in [-0.1, -0.05) is 54.5 Å². The third-order valence-electron chi connectivity index (χ3n) is 13.4. The van der Waals surface area contributed by atoms with E-state index in [4.69, 9.17) is 0 Å². The molecule has 0 spiro atoms. The van der Waals surface area contributed by atoms with Crippen LogP contribution in [0.4, 0.5) is 0 Å². The Morgan fingerprint density at radius 2 is 1.54 bits per heavy atom. The lowest BCUT2D eigenvalue weighted by Crippen LogP contribution is -2.69. The van der Waals surface area contributed by atoms with E-state index in [-0.39, 0.29) is 45.0 Å². The van der Waals surface area contributed by atoms with Crippen LogP contribution in [0.3, 0.4) is 0 Å². The maximum Gasteiger partial charge on any atom is 0.164 e. The molecule has 196 valence electrons. The Kier molecular flexibility index (Phi) is 5.54. The minimum atomic E-state index is -0.372. The van der Waals surface area contributed by atoms with E-state index in [0.717, 1.165) is 56.9 Å². The molecule has 5 fully saturated rings. The van der Waals surface area contributed by atoms with Crippen LogP contribution in [0.5, 0.6) is 0 Å². The predicted octanol–water partition coefficient (Wildman–Crippen LogP) is 7.16. The summed E-state index contributed by atoms with van der Waals surface area (Å²) in [6.07, 6.45) is 11.1. The molecule has 0 radical (unpaired) electrons. The summed E-state index contributed by atoms with van der Waals surface area (Å²) in [5.74, 6) is 1.78. The molecule has 0 aromatic carbocycles. The first-order valence-corrected chi connectivity index (χ1v) is 14.5. The first-order chi connectivity index (χ1) is 16.1. The van der Waals surface area contributed by atoms with Crippen molar-refractivity contribution < 1.29 is 14.7 Å². The molecule has 35 heavy (non-hydrogen) atoms. The Morgan fingerprint density at radius 1 is 0.886 bits per heavy atom. The number of rotatable bonds is 1. The molecule has 0 saturated heterocycles. The number of carbonyl (C=O) groups excluding carboxylic acids is 2. The highest BCUT2D eigenvalue weighted by molar-refractivity contribution is 6.00. The van der Waals surface area contributed by atoms with Crippen LogP contribution >= 0.6 is 0 Å². The van der Waals surface area contributed by atoms with Gasteiger partial charge in [0.2, 0.25) is 0 Å². The van der Waals surface area contributed by atoms with Crippen LogP contribution in [0.2, 0.25) is 0 Å². The zero-order valence-corrected chi connectivity index (χ0v) is 23.7. The SMILES string of the molecule is C/C=C1/C[C@@]2(C)C(CC[C@]3(C)C2CC(=O)C2C4CC(C)(C)CC[C@]4(CO)CC[C@]23C)C(C)(C)C1=O. The second-order valence-electron chi connectivity index (χ2n) is 15.7. The van der Waals surface area contributed by atoms with Crippen molar-refractivity contribution >= 4 is 11.6 Å². The van der Waals surface area contributed by atoms with E-state index in [1.807, 2.05) is 13.0 Å². The summed E-state index contributed by atoms with van der Waals surface area (Å²) in [6.45, 7) is 18.7. The van der Waals surface area contributed by atoms with Gasteiger partial charge in [0, 0.05) is 24.4 Å². The van der Waals surface area contributed by atoms with Crippen molar-refractivity contribution in [3.8, 4) is 0 Å². The lowest BCUT2D eigenvalue weighted by atomic mass is 9.31. The topological polar surface area (TPSA) is 54.4 Å². The normalized spacial score (nSPS) is 51.7. The van der Waals surface area contributed by atoms with Crippen molar-refractivity contribution in [3.05, 3.63) is 11.6 Å². The van der Waals surface area contributed by atoms with Crippen molar-refractivity contribution in [2.24, 2.45) is 56.2 Å². The van der Waals surface area contributed by atoms with Gasteiger partial charge >= 0.3 is 0 Å². The van der Waals surface area contributed by atoms with E-state index in [1.165, 1.54) is 0 Å². The molecular formula is C32H50O3. The molecule has 5 aliphatic rings. The van der Waals surface area contributed by atoms with E-state index >= 15 is 0 Å². The molecule has 0 bridgehead atoms. The Labute approximate surface area is 213 Å². The molecule has 0 aromatic heterocycles. The van der Waals surface area contributed by atoms with Gasteiger partial charge in [-0.25, -0.2) is 0 Å². The fraction of sp³-hybridized carbons (Fsp3) is 0.875. The Hall–Kier alpha value is -0.960. The van der Waals surface area contributed by atoms with Crippen LogP contribution in [0, 0.1) is 56.2 Å². The second-order valence-corrected chi connectivity index (χ2v) is 15.7. The number of Topliss-reactive ketones (excluding diaryl/α,β-unsaturated/α-hetero) is 2. The summed E-state index contributed by atoms with van der Waals surface area (Å²) in [7, 11) is 0. The fourth-order valence-corrected chi connectivity index (χ4v) is 11.2. The summed E-state index contributed by atoms with van der Waals surface area (Å²) < 4.78 is 0. The molecule has 1 N–H and O–H groups in total. The zero-order valence-electron chi connectivity index (χ0n) is 23.7. The van der Waals surface area contributed by atoms with Gasteiger partial charge in [-0.15, -0.1) is 0 Å². The van der Waals surface area contributed by atoms with Crippen molar-refractivity contribution in [1.29, 1.82) is 0 Å². The number of ketones is 2. The van der Waals surface area contributed by atoms with E-state index in [9.17, 15) is 14.7 Å². The number of carbonyl (C=O) groups is 2. The van der Waals surface area contributed by atoms with Gasteiger partial charge in [0.1, 0.15) is 5.78 Å². The van der Waals surface area contributed by atoms with Crippen LogP contribution in [-0.2, 0) is 9.59 Å². The highest BCUT2D eigenvalue weighted by atomic mass is 16.3. The number of allylic oxidation sites excluding steroid dienone is 2. The van der Waals surface area contributed by atoms with Crippen LogP contribution in [0.15, 0.2) is 11.6 Å². The molecule has 8 atom stereocenters. The minimum absolute atomic E-state index is 0.0345. The Balaban J connectivity index is 1.61. The van der Waals surface area contributed by atoms with Gasteiger partial charge in [-0.2, -0.15) is 0 Å². The largest absolute Gasteiger partial charge is 0.396 e. The van der Waals surface area contributed by atoms with Gasteiger partial charge in [-0.3, -0.25) is 9.59 Å². The molecule has 0 heterocycles. The number of aliphatic hydroxyl groups is 1. The summed E-state index contributed by atoms with van der Waals surface area (Å²) in [6, 6.07) is 0. The average Bonchev–Trinajstić information content (AvgIpc) is 2.77. The lowest BCUT2D eigenvalue weighted by molar-refractivity contribution is -0.234. The van der Waals surface area contributed by atoms with E-state index in [2.05, 4.69) is 48.5 Å². The first kappa shape index (κ1) is 25.7. The van der Waals surface area contributed by atoms with Gasteiger partial charge in [0.25, 0.3) is 0 Å². The minimum Gasteiger partial charge on any atom is -0.396 e. The number of fused-ring (bicyclic) bond motifs is 7. The molecule has 3 heteroatoms. The third-order valence-corrected chi connectivity index (χ3v) is 13.4. The molecule has 4 unspecified atom stereocenters. The highest BCUT2D eigenvalue weighted by Gasteiger charge is 2.72. The molecular weight excluding hydrogens is 432 g/mol. The standard InChI is InChI=1S/C32H50O3/c1-9-20-17-29(6)23(28(4,5)26(20)35)10-11-30(7)24(29)16-22(34)25-21-18-27(2,3)12-14-32(21,19-33)15-13-31(25,30)8/h9,21,23-25,33H,10-19H2,1-8H3/b20-9-/t21?,23?,24?,25?,29-,30+,31+,32+/m0/s1. The maximum absolute atomic E-state index is 14.4. The predicted molar refractivity (Wildman–Crippen MR) is 141 cm³/mol. The van der Waals surface area contributed by atoms with E-state index < -0.39 is 0 Å². The summed E-state index contributed by atoms with van der Waals surface area (Å²) in [5.41, 5.74) is 0.773. The fourth-order valence-electron chi connectivity index (χ4n) is 11.2. The molecule has 5 aliphatic carbocycles. The lowest BCUT2D eigenvalue weighted by Gasteiger charge is -2.72. The summed E-state index contributed by atoms with van der Waals surface area (Å²) in [4.78, 5) is 27.8. The molecule has 3 nitrogen and oxygen atoms in total. The van der Waals surface area contributed by atoms with E-state index in [0.29, 0.717) is 35.7 Å². The van der Waals surface area contributed by atoms with Gasteiger partial charge < -0.3 is 5.11 Å². The third kappa shape index (κ3) is 3.12. The molecule has 5 rings (SSSR count). The van der Waals surface area contributed by atoms with Crippen LogP contribution in [-0.4, -0.2) is 23.3 Å². The molecule has 0 aromatic rings. The quantitative estimate of drug-likeness (QED) is 0.403. The number of aliphatic hydroxyl groups excluding tert-OH is 1. The Morgan fingerprint density at radius 3 is 2.17 bits per heavy atom. The van der Waals surface area contributed by atoms with Crippen molar-refractivity contribution in [3.63, 3.8) is 0 Å². The zero-order chi connectivity index (χ0) is 25.8. The monoisotopic (exact) mass is 482 g/mol. The second kappa shape index (κ2) is 7.55. The van der Waals surface area contributed by atoms with Gasteiger partial charge in [0.05, 0.1) is 0 Å². The Bertz CT molecular complexity index is 973. The highest BCUT2D eigenvalue weighted by Crippen LogP contribution is 2.76. The van der Waals surface area contributed by atoms with Crippen LogP contribution in [0.1, 0.15) is 113 Å². The number of hydrogen-bond acceptors (Lipinski definition) is 3. The van der Waals surface area contributed by atoms with Gasteiger partial charge in [-0.05, 0) is 109 Å². The maximum atomic E-state index is 14.4. The first-order valence-electron chi connectivity index (χ1n) is 14.5. The van der Waals surface area contributed by atoms with E-state index in [1.54, 1.807) is 0 Å². The van der Waals surface area contributed by atoms with Crippen molar-refractivity contribution in [1.82, 2.24) is 0 Å². The van der Waals surface area contributed by atoms with Crippen molar-refractivity contribution in [2.75, 3.05) is 6.61 Å². The molecule has 0 amide bonds. The van der Waals surface area contributed by atoms with Crippen molar-refractivity contribution in [2.45, 2.75) is 113 Å². The smallest absolute Gasteiger partial charge is 0.164 e. The molecule has 0 aliphatic heterocycles. The van der Waals surface area contributed by atoms with Crippen LogP contribution < -0.4 is 0 Å². The van der Waals surface area contributed by atoms with Crippen LogP contribution in [0.25, 0.3) is 0 Å². The van der Waals surface area contributed by atoms with Gasteiger partial charge in [0.15, 0.2) is 5.78 Å². The average molecular weight is 483 g/mol. The summed E-state index contributed by atoms with van der Waals surface area (Å²) in [5, 5.41) is 10.7.